The number of rotatable bonds is 5. The number of aryl methyl sites for hydroxylation is 1. The van der Waals surface area contributed by atoms with Crippen molar-refractivity contribution in [3.8, 4) is 22.3 Å². The maximum absolute atomic E-state index is 2.48. The van der Waals surface area contributed by atoms with Gasteiger partial charge in [-0.15, -0.1) is 0 Å². The van der Waals surface area contributed by atoms with Crippen LogP contribution < -0.4 is 4.90 Å². The predicted octanol–water partition coefficient (Wildman–Crippen LogP) is 11.8. The van der Waals surface area contributed by atoms with Crippen LogP contribution in [0.15, 0.2) is 164 Å². The normalized spacial score (nSPS) is 14.4. The Hall–Kier alpha value is -5.40. The molecule has 1 aliphatic rings. The Morgan fingerprint density at radius 1 is 0.455 bits per heavy atom. The maximum Gasteiger partial charge on any atom is 0.0559 e. The van der Waals surface area contributed by atoms with Gasteiger partial charge in [0.25, 0.3) is 0 Å². The molecule has 0 heterocycles. The molecule has 7 aromatic rings. The molecule has 1 unspecified atom stereocenters. The second-order valence-corrected chi connectivity index (χ2v) is 11.8. The molecule has 0 aliphatic heterocycles. The Bertz CT molecular complexity index is 2170. The molecule has 1 atom stereocenters. The first-order valence-corrected chi connectivity index (χ1v) is 15.5. The summed E-state index contributed by atoms with van der Waals surface area (Å²) >= 11 is 0. The maximum atomic E-state index is 2.48. The second-order valence-electron chi connectivity index (χ2n) is 11.8. The lowest BCUT2D eigenvalue weighted by atomic mass is 9.92. The molecule has 44 heavy (non-hydrogen) atoms. The Morgan fingerprint density at radius 3 is 1.66 bits per heavy atom. The van der Waals surface area contributed by atoms with Crippen molar-refractivity contribution >= 4 is 43.7 Å². The Morgan fingerprint density at radius 2 is 1.02 bits per heavy atom. The molecule has 0 aromatic heterocycles. The van der Waals surface area contributed by atoms with Gasteiger partial charge in [-0.3, -0.25) is 0 Å². The quantitative estimate of drug-likeness (QED) is 0.188. The molecule has 1 heteroatoms. The third-order valence-electron chi connectivity index (χ3n) is 9.02. The van der Waals surface area contributed by atoms with Crippen molar-refractivity contribution in [1.29, 1.82) is 0 Å². The van der Waals surface area contributed by atoms with Crippen LogP contribution in [0.5, 0.6) is 0 Å². The standard InChI is InChI=1S/C43H33N/c1-30-18-20-31(21-19-30)32-22-25-36(26-23-32)44(35-11-3-2-4-12-35)37-13-9-10-33(28-37)34-24-27-42-40-16-6-5-14-38(40)39-15-7-8-17-41(39)43(42)29-34/h2-11,13-29,35H,12H2,1H3. The lowest BCUT2D eigenvalue weighted by molar-refractivity contribution is 0.785. The van der Waals surface area contributed by atoms with Crippen LogP contribution in [0.4, 0.5) is 11.4 Å². The molecule has 0 spiro atoms. The smallest absolute Gasteiger partial charge is 0.0559 e. The van der Waals surface area contributed by atoms with E-state index in [2.05, 4.69) is 176 Å². The van der Waals surface area contributed by atoms with Crippen LogP contribution in [-0.2, 0) is 0 Å². The Kier molecular flexibility index (Phi) is 6.57. The summed E-state index contributed by atoms with van der Waals surface area (Å²) in [5.74, 6) is 0. The van der Waals surface area contributed by atoms with Crippen molar-refractivity contribution in [3.05, 3.63) is 169 Å². The zero-order valence-electron chi connectivity index (χ0n) is 24.8. The molecule has 0 saturated heterocycles. The summed E-state index contributed by atoms with van der Waals surface area (Å²) in [7, 11) is 0. The molecule has 0 radical (unpaired) electrons. The Labute approximate surface area is 259 Å². The van der Waals surface area contributed by atoms with Crippen LogP contribution in [0.1, 0.15) is 12.0 Å². The first kappa shape index (κ1) is 26.2. The summed E-state index contributed by atoms with van der Waals surface area (Å²) in [4.78, 5) is 2.48. The van der Waals surface area contributed by atoms with E-state index in [1.165, 1.54) is 71.5 Å². The van der Waals surface area contributed by atoms with Crippen LogP contribution in [0.3, 0.4) is 0 Å². The molecule has 0 fully saturated rings. The topological polar surface area (TPSA) is 3.24 Å². The van der Waals surface area contributed by atoms with Gasteiger partial charge in [-0.2, -0.15) is 0 Å². The van der Waals surface area contributed by atoms with E-state index in [0.29, 0.717) is 0 Å². The summed E-state index contributed by atoms with van der Waals surface area (Å²) in [5.41, 5.74) is 8.59. The van der Waals surface area contributed by atoms with Crippen LogP contribution in [-0.4, -0.2) is 6.04 Å². The highest BCUT2D eigenvalue weighted by Crippen LogP contribution is 2.39. The van der Waals surface area contributed by atoms with E-state index in [-0.39, 0.29) is 6.04 Å². The van der Waals surface area contributed by atoms with E-state index in [0.717, 1.165) is 6.42 Å². The van der Waals surface area contributed by atoms with Crippen molar-refractivity contribution in [1.82, 2.24) is 0 Å². The third kappa shape index (κ3) is 4.68. The summed E-state index contributed by atoms with van der Waals surface area (Å²) in [5, 5.41) is 7.81. The largest absolute Gasteiger partial charge is 0.334 e. The van der Waals surface area contributed by atoms with E-state index in [1.54, 1.807) is 0 Å². The highest BCUT2D eigenvalue weighted by Gasteiger charge is 2.20. The van der Waals surface area contributed by atoms with Crippen molar-refractivity contribution in [2.24, 2.45) is 0 Å². The van der Waals surface area contributed by atoms with Gasteiger partial charge in [0, 0.05) is 11.4 Å². The van der Waals surface area contributed by atoms with Gasteiger partial charge in [0.1, 0.15) is 0 Å². The fourth-order valence-electron chi connectivity index (χ4n) is 6.77. The molecule has 8 rings (SSSR count). The fourth-order valence-corrected chi connectivity index (χ4v) is 6.77. The molecular formula is C43H33N. The average Bonchev–Trinajstić information content (AvgIpc) is 3.10. The summed E-state index contributed by atoms with van der Waals surface area (Å²) in [6.07, 6.45) is 9.86. The highest BCUT2D eigenvalue weighted by atomic mass is 15.2. The monoisotopic (exact) mass is 563 g/mol. The summed E-state index contributed by atoms with van der Waals surface area (Å²) in [6.45, 7) is 2.13. The van der Waals surface area contributed by atoms with Crippen LogP contribution in [0.2, 0.25) is 0 Å². The molecule has 7 aromatic carbocycles. The number of allylic oxidation sites excluding steroid dienone is 2. The van der Waals surface area contributed by atoms with Gasteiger partial charge in [0.05, 0.1) is 6.04 Å². The van der Waals surface area contributed by atoms with E-state index in [4.69, 9.17) is 0 Å². The number of fused-ring (bicyclic) bond motifs is 6. The first-order valence-electron chi connectivity index (χ1n) is 15.5. The molecule has 0 bridgehead atoms. The number of anilines is 2. The average molecular weight is 564 g/mol. The third-order valence-corrected chi connectivity index (χ3v) is 9.02. The van der Waals surface area contributed by atoms with Gasteiger partial charge in [0.15, 0.2) is 0 Å². The molecule has 1 nitrogen and oxygen atoms in total. The highest BCUT2D eigenvalue weighted by molar-refractivity contribution is 6.25. The Balaban J connectivity index is 1.23. The fraction of sp³-hybridized carbons (Fsp3) is 0.0698. The predicted molar refractivity (Wildman–Crippen MR) is 190 cm³/mol. The molecular weight excluding hydrogens is 530 g/mol. The molecule has 0 saturated carbocycles. The van der Waals surface area contributed by atoms with E-state index >= 15 is 0 Å². The molecule has 0 amide bonds. The van der Waals surface area contributed by atoms with E-state index in [9.17, 15) is 0 Å². The summed E-state index contributed by atoms with van der Waals surface area (Å²) < 4.78 is 0. The minimum Gasteiger partial charge on any atom is -0.334 e. The van der Waals surface area contributed by atoms with Crippen molar-refractivity contribution in [3.63, 3.8) is 0 Å². The van der Waals surface area contributed by atoms with Gasteiger partial charge in [0.2, 0.25) is 0 Å². The van der Waals surface area contributed by atoms with E-state index < -0.39 is 0 Å². The van der Waals surface area contributed by atoms with E-state index in [1.807, 2.05) is 0 Å². The van der Waals surface area contributed by atoms with Gasteiger partial charge >= 0.3 is 0 Å². The SMILES string of the molecule is Cc1ccc(-c2ccc(N(c3cccc(-c4ccc5c6ccccc6c6ccccc6c5c4)c3)C3C=CC=CC3)cc2)cc1. The lowest BCUT2D eigenvalue weighted by Crippen LogP contribution is -2.29. The van der Waals surface area contributed by atoms with Crippen molar-refractivity contribution < 1.29 is 0 Å². The number of benzene rings is 7. The number of hydrogen-bond donors (Lipinski definition) is 0. The minimum absolute atomic E-state index is 0.243. The second kappa shape index (κ2) is 11.0. The van der Waals surface area contributed by atoms with Crippen LogP contribution in [0.25, 0.3) is 54.6 Å². The van der Waals surface area contributed by atoms with Crippen molar-refractivity contribution in [2.75, 3.05) is 4.90 Å². The zero-order valence-corrected chi connectivity index (χ0v) is 24.8. The molecule has 1 aliphatic carbocycles. The molecule has 210 valence electrons. The van der Waals surface area contributed by atoms with Crippen LogP contribution in [0, 0.1) is 6.92 Å². The van der Waals surface area contributed by atoms with Gasteiger partial charge in [-0.25, -0.2) is 0 Å². The van der Waals surface area contributed by atoms with Crippen molar-refractivity contribution in [2.45, 2.75) is 19.4 Å². The zero-order chi connectivity index (χ0) is 29.5. The van der Waals surface area contributed by atoms with Gasteiger partial charge in [-0.1, -0.05) is 139 Å². The number of hydrogen-bond acceptors (Lipinski definition) is 1. The number of nitrogens with zero attached hydrogens (tertiary/aromatic N) is 1. The van der Waals surface area contributed by atoms with Gasteiger partial charge in [-0.05, 0) is 98.2 Å². The summed E-state index contributed by atoms with van der Waals surface area (Å²) in [6, 6.07) is 51.6. The molecule has 0 N–H and O–H groups in total. The minimum atomic E-state index is 0.243. The lowest BCUT2D eigenvalue weighted by Gasteiger charge is -2.33. The van der Waals surface area contributed by atoms with Gasteiger partial charge < -0.3 is 4.90 Å². The first-order chi connectivity index (χ1) is 21.7. The van der Waals surface area contributed by atoms with Crippen LogP contribution >= 0.6 is 0 Å².